The van der Waals surface area contributed by atoms with Crippen LogP contribution in [0.15, 0.2) is 30.3 Å². The van der Waals surface area contributed by atoms with Crippen LogP contribution in [0.3, 0.4) is 0 Å². The lowest BCUT2D eigenvalue weighted by atomic mass is 9.86. The summed E-state index contributed by atoms with van der Waals surface area (Å²) < 4.78 is 6.13. The Morgan fingerprint density at radius 2 is 1.64 bits per heavy atom. The summed E-state index contributed by atoms with van der Waals surface area (Å²) in [5.41, 5.74) is 7.95. The lowest BCUT2D eigenvalue weighted by molar-refractivity contribution is 0.313. The predicted octanol–water partition coefficient (Wildman–Crippen LogP) is 5.98. The van der Waals surface area contributed by atoms with E-state index in [1.54, 1.807) is 0 Å². The topological polar surface area (TPSA) is 9.23 Å². The van der Waals surface area contributed by atoms with Gasteiger partial charge in [0, 0.05) is 5.56 Å². The first-order valence-electron chi connectivity index (χ1n) is 7.91. The van der Waals surface area contributed by atoms with E-state index in [4.69, 9.17) is 4.74 Å². The summed E-state index contributed by atoms with van der Waals surface area (Å²) in [5, 5.41) is 0.00611. The molecule has 1 aliphatic heterocycles. The summed E-state index contributed by atoms with van der Waals surface area (Å²) in [5.74, 6) is 1.88. The van der Waals surface area contributed by atoms with E-state index in [1.165, 1.54) is 33.4 Å². The van der Waals surface area contributed by atoms with Crippen LogP contribution in [0.2, 0.25) is 0 Å². The van der Waals surface area contributed by atoms with Crippen LogP contribution in [0.1, 0.15) is 59.1 Å². The number of halogens is 1. The Labute approximate surface area is 141 Å². The molecule has 1 aliphatic rings. The predicted molar refractivity (Wildman–Crippen MR) is 96.4 cm³/mol. The molecule has 0 aliphatic carbocycles. The zero-order chi connectivity index (χ0) is 16.0. The molecule has 0 aromatic heterocycles. The summed E-state index contributed by atoms with van der Waals surface area (Å²) in [7, 11) is 0. The van der Waals surface area contributed by atoms with Crippen molar-refractivity contribution < 1.29 is 4.74 Å². The normalized spacial score (nSPS) is 20.1. The molecule has 2 atom stereocenters. The first kappa shape index (κ1) is 15.6. The minimum atomic E-state index is 0.00611. The van der Waals surface area contributed by atoms with E-state index < -0.39 is 0 Å². The second-order valence-corrected chi connectivity index (χ2v) is 7.55. The van der Waals surface area contributed by atoms with Crippen LogP contribution in [-0.4, -0.2) is 5.01 Å². The van der Waals surface area contributed by atoms with Crippen molar-refractivity contribution >= 4 is 15.9 Å². The molecule has 0 radical (unpaired) electrons. The van der Waals surface area contributed by atoms with Gasteiger partial charge in [0.25, 0.3) is 0 Å². The van der Waals surface area contributed by atoms with Crippen LogP contribution < -0.4 is 4.74 Å². The van der Waals surface area contributed by atoms with Gasteiger partial charge in [0.2, 0.25) is 0 Å². The lowest BCUT2D eigenvalue weighted by Gasteiger charge is -2.17. The van der Waals surface area contributed by atoms with E-state index in [2.05, 4.69) is 80.9 Å². The fraction of sp³-hybridized carbons (Fsp3) is 0.400. The summed E-state index contributed by atoms with van der Waals surface area (Å²) >= 11 is 3.74. The van der Waals surface area contributed by atoms with Crippen molar-refractivity contribution in [3.8, 4) is 5.75 Å². The molecule has 0 saturated carbocycles. The highest BCUT2D eigenvalue weighted by molar-refractivity contribution is 9.09. The van der Waals surface area contributed by atoms with Gasteiger partial charge in [-0.1, -0.05) is 44.2 Å². The van der Waals surface area contributed by atoms with Gasteiger partial charge in [-0.05, 0) is 70.4 Å². The Kier molecular flexibility index (Phi) is 4.07. The third kappa shape index (κ3) is 2.48. The van der Waals surface area contributed by atoms with Crippen molar-refractivity contribution in [1.29, 1.82) is 0 Å². The van der Waals surface area contributed by atoms with E-state index in [9.17, 15) is 0 Å². The number of hydrogen-bond donors (Lipinski definition) is 0. The second-order valence-electron chi connectivity index (χ2n) is 6.65. The maximum absolute atomic E-state index is 6.13. The van der Waals surface area contributed by atoms with Gasteiger partial charge in [-0.25, -0.2) is 0 Å². The van der Waals surface area contributed by atoms with Crippen LogP contribution in [0.25, 0.3) is 0 Å². The van der Waals surface area contributed by atoms with Crippen molar-refractivity contribution in [3.05, 3.63) is 63.7 Å². The number of hydrogen-bond acceptors (Lipinski definition) is 1. The number of ether oxygens (including phenoxy) is 1. The third-order valence-electron chi connectivity index (χ3n) is 4.80. The van der Waals surface area contributed by atoms with E-state index in [-0.39, 0.29) is 10.9 Å². The average Bonchev–Trinajstić information content (AvgIpc) is 2.83. The number of fused-ring (bicyclic) bond motifs is 1. The molecule has 1 nitrogen and oxygen atoms in total. The van der Waals surface area contributed by atoms with Crippen molar-refractivity contribution in [3.63, 3.8) is 0 Å². The molecule has 0 amide bonds. The highest BCUT2D eigenvalue weighted by atomic mass is 79.9. The molecule has 0 fully saturated rings. The minimum absolute atomic E-state index is 0.00611. The number of aryl methyl sites for hydroxylation is 2. The molecule has 0 bridgehead atoms. The zero-order valence-corrected chi connectivity index (χ0v) is 15.5. The Balaban J connectivity index is 2.10. The van der Waals surface area contributed by atoms with Gasteiger partial charge in [0.15, 0.2) is 5.01 Å². The fourth-order valence-corrected chi connectivity index (χ4v) is 4.10. The molecule has 1 heterocycles. The van der Waals surface area contributed by atoms with E-state index in [0.717, 1.165) is 5.75 Å². The molecule has 2 unspecified atom stereocenters. The van der Waals surface area contributed by atoms with E-state index in [0.29, 0.717) is 5.92 Å². The molecule has 2 aromatic rings. The van der Waals surface area contributed by atoms with E-state index in [1.807, 2.05) is 0 Å². The number of alkyl halides is 1. The zero-order valence-electron chi connectivity index (χ0n) is 13.9. The Hall–Kier alpha value is -1.28. The van der Waals surface area contributed by atoms with Gasteiger partial charge < -0.3 is 4.74 Å². The first-order chi connectivity index (χ1) is 10.4. The maximum atomic E-state index is 6.13. The van der Waals surface area contributed by atoms with Gasteiger partial charge in [-0.15, -0.1) is 0 Å². The number of benzene rings is 2. The molecule has 3 rings (SSSR count). The molecule has 2 aromatic carbocycles. The van der Waals surface area contributed by atoms with Gasteiger partial charge in [-0.3, -0.25) is 0 Å². The molecule has 2 heteroatoms. The quantitative estimate of drug-likeness (QED) is 0.599. The Morgan fingerprint density at radius 3 is 2.23 bits per heavy atom. The monoisotopic (exact) mass is 358 g/mol. The second kappa shape index (κ2) is 5.73. The van der Waals surface area contributed by atoms with Crippen molar-refractivity contribution in [1.82, 2.24) is 0 Å². The SMILES string of the molecule is Cc1cc(C)c2c(c1C)C(c1ccc(C(C)C)cc1)C(Br)O2. The van der Waals surface area contributed by atoms with Crippen LogP contribution in [-0.2, 0) is 0 Å². The van der Waals surface area contributed by atoms with Crippen LogP contribution >= 0.6 is 15.9 Å². The molecule has 0 saturated heterocycles. The van der Waals surface area contributed by atoms with Gasteiger partial charge in [0.1, 0.15) is 5.75 Å². The summed E-state index contributed by atoms with van der Waals surface area (Å²) in [4.78, 5) is 0. The molecule has 116 valence electrons. The summed E-state index contributed by atoms with van der Waals surface area (Å²) in [6.45, 7) is 11.0. The van der Waals surface area contributed by atoms with E-state index >= 15 is 0 Å². The van der Waals surface area contributed by atoms with Crippen LogP contribution in [0.5, 0.6) is 5.75 Å². The lowest BCUT2D eigenvalue weighted by Crippen LogP contribution is -2.12. The molecule has 22 heavy (non-hydrogen) atoms. The van der Waals surface area contributed by atoms with Crippen LogP contribution in [0.4, 0.5) is 0 Å². The van der Waals surface area contributed by atoms with Crippen molar-refractivity contribution in [2.75, 3.05) is 0 Å². The first-order valence-corrected chi connectivity index (χ1v) is 8.83. The summed E-state index contributed by atoms with van der Waals surface area (Å²) in [6, 6.07) is 11.2. The fourth-order valence-electron chi connectivity index (χ4n) is 3.34. The Morgan fingerprint density at radius 1 is 1.00 bits per heavy atom. The smallest absolute Gasteiger partial charge is 0.164 e. The summed E-state index contributed by atoms with van der Waals surface area (Å²) in [6.07, 6.45) is 0. The van der Waals surface area contributed by atoms with Crippen molar-refractivity contribution in [2.24, 2.45) is 0 Å². The largest absolute Gasteiger partial charge is 0.478 e. The van der Waals surface area contributed by atoms with Crippen LogP contribution in [0, 0.1) is 20.8 Å². The van der Waals surface area contributed by atoms with Gasteiger partial charge in [0.05, 0.1) is 5.92 Å². The minimum Gasteiger partial charge on any atom is -0.478 e. The number of rotatable bonds is 2. The van der Waals surface area contributed by atoms with Crippen molar-refractivity contribution in [2.45, 2.75) is 51.5 Å². The van der Waals surface area contributed by atoms with Gasteiger partial charge in [-0.2, -0.15) is 0 Å². The third-order valence-corrected chi connectivity index (χ3v) is 5.51. The average molecular weight is 359 g/mol. The Bertz CT molecular complexity index is 701. The highest BCUT2D eigenvalue weighted by Crippen LogP contribution is 2.48. The molecule has 0 N–H and O–H groups in total. The maximum Gasteiger partial charge on any atom is 0.164 e. The highest BCUT2D eigenvalue weighted by Gasteiger charge is 2.36. The molecular weight excluding hydrogens is 336 g/mol. The van der Waals surface area contributed by atoms with Gasteiger partial charge >= 0.3 is 0 Å². The standard InChI is InChI=1S/C20H23BrO/c1-11(2)15-6-8-16(9-7-15)18-17-14(5)12(3)10-13(4)19(17)22-20(18)21/h6-11,18,20H,1-5H3. The molecule has 0 spiro atoms. The molecular formula is C20H23BrO.